The summed E-state index contributed by atoms with van der Waals surface area (Å²) in [4.78, 5) is 37.2. The molecule has 35 heavy (non-hydrogen) atoms. The summed E-state index contributed by atoms with van der Waals surface area (Å²) in [5.41, 5.74) is -0.714. The molecule has 0 spiro atoms. The number of aliphatic hydroxyl groups is 1. The molecule has 0 saturated heterocycles. The second kappa shape index (κ2) is 10.2. The lowest BCUT2D eigenvalue weighted by atomic mass is 10.1. The van der Waals surface area contributed by atoms with Crippen molar-refractivity contribution in [3.05, 3.63) is 30.4 Å². The highest BCUT2D eigenvalue weighted by molar-refractivity contribution is 5.93. The third kappa shape index (κ3) is 7.89. The van der Waals surface area contributed by atoms with E-state index in [1.807, 2.05) is 6.07 Å². The van der Waals surface area contributed by atoms with Crippen LogP contribution >= 0.6 is 0 Å². The molecule has 1 aliphatic rings. The molecule has 1 fully saturated rings. The van der Waals surface area contributed by atoms with Gasteiger partial charge in [-0.25, -0.2) is 9.97 Å². The standard InChI is InChI=1S/C22H24F3N7O3/c1-21(2,35)11-32(12-22(23,24)25)19(33)10-29-15-5-14(7-27-16(15)6-26)17-8-30-18(9-28-17)31-20(34)13-3-4-13/h5,7-9,13,29,35H,3-4,10-12H2,1-2H3,(H,30,31,34). The SMILES string of the molecule is CC(C)(O)CN(CC(F)(F)F)C(=O)CNc1cc(-c2cnc(NC(=O)C3CC3)cn2)cnc1C#N. The van der Waals surface area contributed by atoms with E-state index in [1.54, 1.807) is 0 Å². The zero-order chi connectivity index (χ0) is 25.8. The Morgan fingerprint density at radius 2 is 1.89 bits per heavy atom. The fourth-order valence-corrected chi connectivity index (χ4v) is 3.14. The van der Waals surface area contributed by atoms with Gasteiger partial charge in [-0.2, -0.15) is 18.4 Å². The molecule has 13 heteroatoms. The summed E-state index contributed by atoms with van der Waals surface area (Å²) in [5.74, 6) is -0.750. The molecule has 3 rings (SSSR count). The number of aromatic nitrogens is 3. The molecule has 0 bridgehead atoms. The number of amides is 2. The number of hydrogen-bond donors (Lipinski definition) is 3. The van der Waals surface area contributed by atoms with Crippen molar-refractivity contribution in [1.29, 1.82) is 5.26 Å². The molecule has 10 nitrogen and oxygen atoms in total. The van der Waals surface area contributed by atoms with Crippen LogP contribution in [0.2, 0.25) is 0 Å². The molecule has 0 atom stereocenters. The maximum atomic E-state index is 12.9. The van der Waals surface area contributed by atoms with E-state index in [2.05, 4.69) is 25.6 Å². The average molecular weight is 491 g/mol. The van der Waals surface area contributed by atoms with E-state index in [1.165, 1.54) is 38.5 Å². The molecular weight excluding hydrogens is 467 g/mol. The summed E-state index contributed by atoms with van der Waals surface area (Å²) in [6.07, 6.45) is 1.17. The fourth-order valence-electron chi connectivity index (χ4n) is 3.14. The van der Waals surface area contributed by atoms with Gasteiger partial charge >= 0.3 is 6.18 Å². The van der Waals surface area contributed by atoms with Crippen LogP contribution in [0.3, 0.4) is 0 Å². The van der Waals surface area contributed by atoms with Crippen LogP contribution in [0.15, 0.2) is 24.7 Å². The number of nitrogens with zero attached hydrogens (tertiary/aromatic N) is 5. The third-order valence-corrected chi connectivity index (χ3v) is 4.87. The first kappa shape index (κ1) is 25.8. The number of alkyl halides is 3. The van der Waals surface area contributed by atoms with Crippen molar-refractivity contribution < 1.29 is 27.9 Å². The minimum Gasteiger partial charge on any atom is -0.389 e. The van der Waals surface area contributed by atoms with E-state index in [-0.39, 0.29) is 29.0 Å². The van der Waals surface area contributed by atoms with E-state index < -0.39 is 37.3 Å². The van der Waals surface area contributed by atoms with Crippen molar-refractivity contribution in [2.24, 2.45) is 5.92 Å². The minimum atomic E-state index is -4.65. The third-order valence-electron chi connectivity index (χ3n) is 4.87. The first-order valence-electron chi connectivity index (χ1n) is 10.7. The normalized spacial score (nSPS) is 13.6. The maximum absolute atomic E-state index is 12.9. The van der Waals surface area contributed by atoms with E-state index in [4.69, 9.17) is 0 Å². The van der Waals surface area contributed by atoms with E-state index in [0.717, 1.165) is 12.8 Å². The molecule has 1 saturated carbocycles. The molecule has 186 valence electrons. The van der Waals surface area contributed by atoms with Gasteiger partial charge in [-0.05, 0) is 32.8 Å². The van der Waals surface area contributed by atoms with Gasteiger partial charge in [-0.1, -0.05) is 0 Å². The Balaban J connectivity index is 1.72. The summed E-state index contributed by atoms with van der Waals surface area (Å²) in [6, 6.07) is 3.32. The van der Waals surface area contributed by atoms with Crippen molar-refractivity contribution in [2.45, 2.75) is 38.5 Å². The van der Waals surface area contributed by atoms with E-state index in [0.29, 0.717) is 16.2 Å². The van der Waals surface area contributed by atoms with Gasteiger partial charge in [-0.15, -0.1) is 0 Å². The van der Waals surface area contributed by atoms with Gasteiger partial charge in [0.15, 0.2) is 11.5 Å². The summed E-state index contributed by atoms with van der Waals surface area (Å²) in [7, 11) is 0. The molecule has 3 N–H and O–H groups in total. The minimum absolute atomic E-state index is 0.00560. The van der Waals surface area contributed by atoms with Crippen molar-refractivity contribution in [2.75, 3.05) is 30.3 Å². The van der Waals surface area contributed by atoms with Gasteiger partial charge in [0.25, 0.3) is 0 Å². The number of carbonyl (C=O) groups excluding carboxylic acids is 2. The van der Waals surface area contributed by atoms with Crippen molar-refractivity contribution in [3.8, 4) is 17.3 Å². The Kier molecular flexibility index (Phi) is 7.54. The number of halogens is 3. The van der Waals surface area contributed by atoms with E-state index >= 15 is 0 Å². The largest absolute Gasteiger partial charge is 0.406 e. The summed E-state index contributed by atoms with van der Waals surface area (Å²) >= 11 is 0. The molecule has 0 unspecified atom stereocenters. The first-order chi connectivity index (χ1) is 16.3. The first-order valence-corrected chi connectivity index (χ1v) is 10.7. The van der Waals surface area contributed by atoms with Crippen LogP contribution in [0.4, 0.5) is 24.7 Å². The number of nitrogens with one attached hydrogen (secondary N) is 2. The van der Waals surface area contributed by atoms with Crippen molar-refractivity contribution in [1.82, 2.24) is 19.9 Å². The summed E-state index contributed by atoms with van der Waals surface area (Å²) in [6.45, 7) is -0.0383. The number of pyridine rings is 1. The lowest BCUT2D eigenvalue weighted by Crippen LogP contribution is -2.48. The quantitative estimate of drug-likeness (QED) is 0.485. The van der Waals surface area contributed by atoms with Crippen molar-refractivity contribution in [3.63, 3.8) is 0 Å². The van der Waals surface area contributed by atoms with E-state index in [9.17, 15) is 33.1 Å². The Hall–Kier alpha value is -3.79. The Morgan fingerprint density at radius 1 is 1.17 bits per heavy atom. The summed E-state index contributed by atoms with van der Waals surface area (Å²) < 4.78 is 38.8. The highest BCUT2D eigenvalue weighted by Crippen LogP contribution is 2.30. The fraction of sp³-hybridized carbons (Fsp3) is 0.455. The Morgan fingerprint density at radius 3 is 2.43 bits per heavy atom. The highest BCUT2D eigenvalue weighted by Gasteiger charge is 2.35. The predicted molar refractivity (Wildman–Crippen MR) is 119 cm³/mol. The van der Waals surface area contributed by atoms with Gasteiger partial charge in [0, 0.05) is 24.2 Å². The van der Waals surface area contributed by atoms with Crippen LogP contribution in [-0.2, 0) is 9.59 Å². The summed E-state index contributed by atoms with van der Waals surface area (Å²) in [5, 5.41) is 24.5. The lowest BCUT2D eigenvalue weighted by Gasteiger charge is -2.30. The second-order valence-electron chi connectivity index (χ2n) is 8.81. The maximum Gasteiger partial charge on any atom is 0.406 e. The number of nitriles is 1. The highest BCUT2D eigenvalue weighted by atomic mass is 19.4. The number of anilines is 2. The smallest absolute Gasteiger partial charge is 0.389 e. The lowest BCUT2D eigenvalue weighted by molar-refractivity contribution is -0.164. The molecule has 2 amide bonds. The topological polar surface area (TPSA) is 144 Å². The number of rotatable bonds is 9. The van der Waals surface area contributed by atoms with Gasteiger partial charge in [0.2, 0.25) is 11.8 Å². The number of carbonyl (C=O) groups is 2. The Bertz CT molecular complexity index is 1110. The molecule has 2 heterocycles. The van der Waals surface area contributed by atoms with Crippen LogP contribution in [0.1, 0.15) is 32.4 Å². The van der Waals surface area contributed by atoms with Crippen molar-refractivity contribution >= 4 is 23.3 Å². The van der Waals surface area contributed by atoms with Gasteiger partial charge < -0.3 is 20.6 Å². The van der Waals surface area contributed by atoms with Crippen LogP contribution in [0.5, 0.6) is 0 Å². The molecule has 0 radical (unpaired) electrons. The van der Waals surface area contributed by atoms with Crippen LogP contribution in [0.25, 0.3) is 11.3 Å². The monoisotopic (exact) mass is 491 g/mol. The van der Waals surface area contributed by atoms with Gasteiger partial charge in [0.05, 0.1) is 35.9 Å². The molecule has 1 aliphatic carbocycles. The zero-order valence-electron chi connectivity index (χ0n) is 19.1. The molecular formula is C22H24F3N7O3. The zero-order valence-corrected chi connectivity index (χ0v) is 19.1. The van der Waals surface area contributed by atoms with Crippen LogP contribution < -0.4 is 10.6 Å². The van der Waals surface area contributed by atoms with Crippen LogP contribution in [-0.4, -0.2) is 68.2 Å². The van der Waals surface area contributed by atoms with Crippen LogP contribution in [0, 0.1) is 17.2 Å². The number of hydrogen-bond acceptors (Lipinski definition) is 8. The molecule has 0 aromatic carbocycles. The van der Waals surface area contributed by atoms with Gasteiger partial charge in [-0.3, -0.25) is 14.6 Å². The average Bonchev–Trinajstić information content (AvgIpc) is 3.61. The molecule has 0 aliphatic heterocycles. The van der Waals surface area contributed by atoms with Gasteiger partial charge in [0.1, 0.15) is 12.6 Å². The molecule has 2 aromatic rings. The second-order valence-corrected chi connectivity index (χ2v) is 8.81. The Labute approximate surface area is 199 Å². The molecule has 2 aromatic heterocycles. The predicted octanol–water partition coefficient (Wildman–Crippen LogP) is 2.33.